The Bertz CT molecular complexity index is 1260. The monoisotopic (exact) mass is 463 g/mol. The van der Waals surface area contributed by atoms with E-state index in [0.717, 1.165) is 0 Å². The molecule has 1 unspecified atom stereocenters. The van der Waals surface area contributed by atoms with Gasteiger partial charge in [0.2, 0.25) is 11.8 Å². The molecule has 3 heterocycles. The van der Waals surface area contributed by atoms with Crippen molar-refractivity contribution in [3.05, 3.63) is 76.9 Å². The van der Waals surface area contributed by atoms with E-state index in [0.29, 0.717) is 59.7 Å². The van der Waals surface area contributed by atoms with Crippen molar-refractivity contribution in [2.24, 2.45) is 0 Å². The fourth-order valence-electron chi connectivity index (χ4n) is 4.47. The Balaban J connectivity index is 1.29. The maximum atomic E-state index is 13.0. The van der Waals surface area contributed by atoms with Crippen LogP contribution in [0, 0.1) is 0 Å². The van der Waals surface area contributed by atoms with Crippen LogP contribution in [-0.2, 0) is 34.0 Å². The number of carbonyl (C=O) groups is 3. The summed E-state index contributed by atoms with van der Waals surface area (Å²) in [5, 5.41) is 2.73. The molecule has 8 heteroatoms. The largest absolute Gasteiger partial charge is 0.489 e. The van der Waals surface area contributed by atoms with Crippen molar-refractivity contribution in [3.63, 3.8) is 0 Å². The molecule has 3 amide bonds. The second-order valence-electron chi connectivity index (χ2n) is 8.65. The van der Waals surface area contributed by atoms with Crippen molar-refractivity contribution in [2.75, 3.05) is 19.8 Å². The van der Waals surface area contributed by atoms with Gasteiger partial charge < -0.3 is 24.6 Å². The Kier molecular flexibility index (Phi) is 5.42. The van der Waals surface area contributed by atoms with Crippen molar-refractivity contribution in [1.29, 1.82) is 0 Å². The zero-order valence-corrected chi connectivity index (χ0v) is 18.8. The Morgan fingerprint density at radius 2 is 2.00 bits per heavy atom. The lowest BCUT2D eigenvalue weighted by Gasteiger charge is -2.31. The minimum absolute atomic E-state index is 0.0367. The number of nitrogens with one attached hydrogen (secondary N) is 1. The molecule has 1 atom stereocenters. The number of hydrogen-bond acceptors (Lipinski definition) is 5. The molecule has 5 rings (SSSR count). The summed E-state index contributed by atoms with van der Waals surface area (Å²) in [7, 11) is 0. The molecule has 2 aromatic rings. The number of nitrogens with zero attached hydrogens (tertiary/aromatic N) is 2. The van der Waals surface area contributed by atoms with E-state index in [1.54, 1.807) is 40.1 Å². The molecule has 8 nitrogen and oxygen atoms in total. The summed E-state index contributed by atoms with van der Waals surface area (Å²) >= 11 is 0. The van der Waals surface area contributed by atoms with Crippen molar-refractivity contribution >= 4 is 17.7 Å². The summed E-state index contributed by atoms with van der Waals surface area (Å²) in [6.07, 6.45) is 1.15. The second kappa shape index (κ2) is 9.30. The van der Waals surface area contributed by atoms with Crippen molar-refractivity contribution in [2.45, 2.75) is 38.6 Å². The third kappa shape index (κ3) is 4.41. The first-order valence-corrected chi connectivity index (χ1v) is 11.3. The molecule has 0 radical (unpaired) electrons. The van der Waals surface area contributed by atoms with Crippen LogP contribution in [0.1, 0.15) is 42.6 Å². The Hall–Kier alpha value is -3.65. The number of carbonyl (C=O) groups excluding carboxylic acids is 3. The van der Waals surface area contributed by atoms with Crippen LogP contribution in [0.25, 0.3) is 0 Å². The Morgan fingerprint density at radius 3 is 2.82 bits per heavy atom. The van der Waals surface area contributed by atoms with E-state index in [-0.39, 0.29) is 56.1 Å². The van der Waals surface area contributed by atoms with E-state index in [4.69, 9.17) is 12.2 Å². The molecule has 0 bridgehead atoms. The third-order valence-electron chi connectivity index (χ3n) is 6.35. The van der Waals surface area contributed by atoms with Gasteiger partial charge in [-0.25, -0.2) is 0 Å². The normalized spacial score (nSPS) is 21.2. The van der Waals surface area contributed by atoms with E-state index in [1.165, 1.54) is 0 Å². The minimum Gasteiger partial charge on any atom is -0.489 e. The average Bonchev–Trinajstić information content (AvgIpc) is 3.19. The maximum Gasteiger partial charge on any atom is 0.255 e. The number of benzene rings is 2. The molecule has 0 aliphatic carbocycles. The predicted molar refractivity (Wildman–Crippen MR) is 124 cm³/mol. The van der Waals surface area contributed by atoms with Crippen LogP contribution in [0.2, 0.25) is 0 Å². The molecule has 176 valence electrons. The summed E-state index contributed by atoms with van der Waals surface area (Å²) in [6, 6.07) is 8.25. The lowest BCUT2D eigenvalue weighted by atomic mass is 10.0. The van der Waals surface area contributed by atoms with Gasteiger partial charge in [0.15, 0.2) is 0 Å². The highest BCUT2D eigenvalue weighted by Crippen LogP contribution is 2.34. The SMILES string of the molecule is [2H]c1c(COc2cccc3c2CN(C2CCC(=C)NC2=O)C3=O)ccc(CN2CCOCC2=O)c1[2H]. The molecular weight excluding hydrogens is 434 g/mol. The second-order valence-corrected chi connectivity index (χ2v) is 8.65. The van der Waals surface area contributed by atoms with E-state index in [9.17, 15) is 14.4 Å². The lowest BCUT2D eigenvalue weighted by molar-refractivity contribution is -0.143. The number of morpholine rings is 1. The molecular formula is C26H27N3O5. The molecule has 0 spiro atoms. The van der Waals surface area contributed by atoms with Crippen LogP contribution in [0.4, 0.5) is 0 Å². The van der Waals surface area contributed by atoms with E-state index < -0.39 is 6.04 Å². The molecule has 2 fully saturated rings. The standard InChI is InChI=1S/C26H27N3O5/c1-17-5-10-22(25(31)27-17)29-14-21-20(26(29)32)3-2-4-23(21)34-15-19-8-6-18(7-9-19)13-28-11-12-33-16-24(28)30/h2-4,6-9,22H,1,5,10-16H2,(H,27,31)/i6D,8D. The van der Waals surface area contributed by atoms with Crippen LogP contribution < -0.4 is 10.1 Å². The Morgan fingerprint density at radius 1 is 1.18 bits per heavy atom. The number of hydrogen-bond donors (Lipinski definition) is 1. The van der Waals surface area contributed by atoms with E-state index in [2.05, 4.69) is 11.9 Å². The van der Waals surface area contributed by atoms with Crippen molar-refractivity contribution in [3.8, 4) is 5.75 Å². The van der Waals surface area contributed by atoms with Gasteiger partial charge in [0.05, 0.1) is 15.9 Å². The summed E-state index contributed by atoms with van der Waals surface area (Å²) in [6.45, 7) is 5.33. The molecule has 0 aromatic heterocycles. The summed E-state index contributed by atoms with van der Waals surface area (Å²) in [4.78, 5) is 40.7. The number of piperidine rings is 1. The fraction of sp³-hybridized carbons (Fsp3) is 0.346. The quantitative estimate of drug-likeness (QED) is 0.711. The van der Waals surface area contributed by atoms with E-state index >= 15 is 0 Å². The summed E-state index contributed by atoms with van der Waals surface area (Å²) in [5.74, 6) is -0.0510. The van der Waals surface area contributed by atoms with Gasteiger partial charge in [-0.2, -0.15) is 0 Å². The van der Waals surface area contributed by atoms with Gasteiger partial charge in [-0.15, -0.1) is 0 Å². The van der Waals surface area contributed by atoms with Gasteiger partial charge in [0.25, 0.3) is 5.91 Å². The zero-order chi connectivity index (χ0) is 25.4. The fourth-order valence-corrected chi connectivity index (χ4v) is 4.47. The van der Waals surface area contributed by atoms with Crippen molar-refractivity contribution in [1.82, 2.24) is 15.1 Å². The molecule has 1 N–H and O–H groups in total. The topological polar surface area (TPSA) is 88.2 Å². The maximum absolute atomic E-state index is 13.0. The van der Waals surface area contributed by atoms with Crippen molar-refractivity contribution < 1.29 is 26.6 Å². The van der Waals surface area contributed by atoms with Crippen LogP contribution in [-0.4, -0.2) is 53.3 Å². The first-order chi connectivity index (χ1) is 17.3. The minimum atomic E-state index is -0.556. The highest BCUT2D eigenvalue weighted by atomic mass is 16.5. The molecule has 3 aliphatic rings. The summed E-state index contributed by atoms with van der Waals surface area (Å²) < 4.78 is 28.0. The number of allylic oxidation sites excluding steroid dienone is 1. The lowest BCUT2D eigenvalue weighted by Crippen LogP contribution is -2.49. The molecule has 34 heavy (non-hydrogen) atoms. The third-order valence-corrected chi connectivity index (χ3v) is 6.35. The molecule has 2 saturated heterocycles. The highest BCUT2D eigenvalue weighted by Gasteiger charge is 2.39. The Labute approximate surface area is 200 Å². The van der Waals surface area contributed by atoms with Gasteiger partial charge in [-0.05, 0) is 36.1 Å². The average molecular weight is 464 g/mol. The highest BCUT2D eigenvalue weighted by molar-refractivity contribution is 6.02. The van der Waals surface area contributed by atoms with Crippen LogP contribution in [0.3, 0.4) is 0 Å². The number of fused-ring (bicyclic) bond motifs is 1. The van der Waals surface area contributed by atoms with Crippen LogP contribution >= 0.6 is 0 Å². The van der Waals surface area contributed by atoms with Crippen LogP contribution in [0.15, 0.2) is 54.7 Å². The molecule has 2 aromatic carbocycles. The van der Waals surface area contributed by atoms with Gasteiger partial charge in [-0.1, -0.05) is 36.9 Å². The smallest absolute Gasteiger partial charge is 0.255 e. The number of amides is 3. The van der Waals surface area contributed by atoms with Gasteiger partial charge >= 0.3 is 0 Å². The van der Waals surface area contributed by atoms with E-state index in [1.807, 2.05) is 0 Å². The first-order valence-electron chi connectivity index (χ1n) is 12.3. The van der Waals surface area contributed by atoms with Crippen LogP contribution in [0.5, 0.6) is 5.75 Å². The predicted octanol–water partition coefficient (Wildman–Crippen LogP) is 2.37. The number of rotatable bonds is 6. The molecule has 0 saturated carbocycles. The molecule has 3 aliphatic heterocycles. The number of ether oxygens (including phenoxy) is 2. The summed E-state index contributed by atoms with van der Waals surface area (Å²) in [5.41, 5.74) is 2.99. The zero-order valence-electron chi connectivity index (χ0n) is 20.8. The van der Waals surface area contributed by atoms with Gasteiger partial charge in [-0.3, -0.25) is 14.4 Å². The first kappa shape index (κ1) is 19.8. The van der Waals surface area contributed by atoms with Gasteiger partial charge in [0, 0.05) is 29.9 Å². The van der Waals surface area contributed by atoms with Gasteiger partial charge in [0.1, 0.15) is 25.0 Å².